The third-order valence-electron chi connectivity index (χ3n) is 3.17. The van der Waals surface area contributed by atoms with E-state index in [0.29, 0.717) is 12.2 Å². The van der Waals surface area contributed by atoms with E-state index < -0.39 is 5.51 Å². The Kier molecular flexibility index (Phi) is 4.83. The molecule has 0 bridgehead atoms. The maximum absolute atomic E-state index is 12.5. The molecule has 21 heavy (non-hydrogen) atoms. The first-order chi connectivity index (χ1) is 9.85. The normalized spacial score (nSPS) is 11.5. The predicted octanol–water partition coefficient (Wildman–Crippen LogP) is 5.53. The fourth-order valence-corrected chi connectivity index (χ4v) is 2.58. The van der Waals surface area contributed by atoms with Gasteiger partial charge < -0.3 is 5.32 Å². The summed E-state index contributed by atoms with van der Waals surface area (Å²) in [5.74, 6) is 0. The molecular weight excluding hydrogens is 295 g/mol. The molecule has 0 heterocycles. The monoisotopic (exact) mass is 311 g/mol. The lowest BCUT2D eigenvalue weighted by atomic mass is 10.1. The second-order valence-electron chi connectivity index (χ2n) is 4.82. The summed E-state index contributed by atoms with van der Waals surface area (Å²) in [6.07, 6.45) is 0. The van der Waals surface area contributed by atoms with Crippen LogP contribution in [0.2, 0.25) is 0 Å². The Labute approximate surface area is 126 Å². The SMILES string of the molecule is Cc1ccc(CNc2ccccc2SC(F)(F)F)cc1C. The van der Waals surface area contributed by atoms with E-state index in [0.717, 1.165) is 5.56 Å². The van der Waals surface area contributed by atoms with Crippen LogP contribution in [-0.4, -0.2) is 5.51 Å². The van der Waals surface area contributed by atoms with Crippen molar-refractivity contribution in [1.82, 2.24) is 0 Å². The van der Waals surface area contributed by atoms with Crippen LogP contribution in [0.5, 0.6) is 0 Å². The molecule has 0 unspecified atom stereocenters. The van der Waals surface area contributed by atoms with Crippen molar-refractivity contribution in [3.05, 3.63) is 59.2 Å². The lowest BCUT2D eigenvalue weighted by Gasteiger charge is -2.13. The molecule has 112 valence electrons. The smallest absolute Gasteiger partial charge is 0.380 e. The Morgan fingerprint density at radius 1 is 1.00 bits per heavy atom. The number of anilines is 1. The van der Waals surface area contributed by atoms with Gasteiger partial charge in [0.15, 0.2) is 0 Å². The molecule has 0 saturated carbocycles. The summed E-state index contributed by atoms with van der Waals surface area (Å²) < 4.78 is 37.6. The minimum atomic E-state index is -4.28. The third-order valence-corrected chi connectivity index (χ3v) is 3.97. The van der Waals surface area contributed by atoms with Crippen molar-refractivity contribution >= 4 is 17.4 Å². The van der Waals surface area contributed by atoms with Crippen LogP contribution in [-0.2, 0) is 6.54 Å². The lowest BCUT2D eigenvalue weighted by Crippen LogP contribution is -2.04. The molecule has 0 aliphatic heterocycles. The van der Waals surface area contributed by atoms with Crippen LogP contribution in [0.4, 0.5) is 18.9 Å². The van der Waals surface area contributed by atoms with Crippen LogP contribution in [0.25, 0.3) is 0 Å². The Bertz CT molecular complexity index is 623. The lowest BCUT2D eigenvalue weighted by molar-refractivity contribution is -0.0327. The summed E-state index contributed by atoms with van der Waals surface area (Å²) in [6.45, 7) is 4.55. The van der Waals surface area contributed by atoms with Crippen molar-refractivity contribution in [1.29, 1.82) is 0 Å². The van der Waals surface area contributed by atoms with Gasteiger partial charge in [0.2, 0.25) is 0 Å². The van der Waals surface area contributed by atoms with Gasteiger partial charge in [0.1, 0.15) is 0 Å². The van der Waals surface area contributed by atoms with E-state index in [1.165, 1.54) is 17.2 Å². The second-order valence-corrected chi connectivity index (χ2v) is 5.92. The number of rotatable bonds is 4. The zero-order chi connectivity index (χ0) is 15.5. The van der Waals surface area contributed by atoms with Gasteiger partial charge in [0.05, 0.1) is 0 Å². The van der Waals surface area contributed by atoms with E-state index in [2.05, 4.69) is 5.32 Å². The minimum Gasteiger partial charge on any atom is -0.380 e. The van der Waals surface area contributed by atoms with E-state index in [1.54, 1.807) is 18.2 Å². The fraction of sp³-hybridized carbons (Fsp3) is 0.250. The first kappa shape index (κ1) is 15.8. The van der Waals surface area contributed by atoms with E-state index in [-0.39, 0.29) is 16.7 Å². The summed E-state index contributed by atoms with van der Waals surface area (Å²) in [5, 5.41) is 3.08. The van der Waals surface area contributed by atoms with Crippen molar-refractivity contribution < 1.29 is 13.2 Å². The number of halogens is 3. The summed E-state index contributed by atoms with van der Waals surface area (Å²) >= 11 is -0.0944. The molecule has 0 aliphatic carbocycles. The van der Waals surface area contributed by atoms with Crippen molar-refractivity contribution in [2.45, 2.75) is 30.8 Å². The van der Waals surface area contributed by atoms with Crippen LogP contribution < -0.4 is 5.32 Å². The molecular formula is C16H16F3NS. The minimum absolute atomic E-state index is 0.0944. The topological polar surface area (TPSA) is 12.0 Å². The highest BCUT2D eigenvalue weighted by Gasteiger charge is 2.30. The van der Waals surface area contributed by atoms with Crippen molar-refractivity contribution in [3.8, 4) is 0 Å². The molecule has 0 saturated heterocycles. The van der Waals surface area contributed by atoms with Crippen LogP contribution in [0, 0.1) is 13.8 Å². The third kappa shape index (κ3) is 4.70. The number of para-hydroxylation sites is 1. The molecule has 2 rings (SSSR count). The number of benzene rings is 2. The highest BCUT2D eigenvalue weighted by Crippen LogP contribution is 2.40. The largest absolute Gasteiger partial charge is 0.446 e. The number of hydrogen-bond acceptors (Lipinski definition) is 2. The van der Waals surface area contributed by atoms with Gasteiger partial charge in [-0.3, -0.25) is 0 Å². The molecule has 0 fully saturated rings. The highest BCUT2D eigenvalue weighted by atomic mass is 32.2. The summed E-state index contributed by atoms with van der Waals surface area (Å²) in [5.41, 5.74) is -0.361. The molecule has 1 nitrogen and oxygen atoms in total. The molecule has 0 aliphatic rings. The van der Waals surface area contributed by atoms with Crippen LogP contribution in [0.3, 0.4) is 0 Å². The number of aryl methyl sites for hydroxylation is 2. The molecule has 2 aromatic carbocycles. The van der Waals surface area contributed by atoms with Gasteiger partial charge >= 0.3 is 5.51 Å². The highest BCUT2D eigenvalue weighted by molar-refractivity contribution is 8.00. The standard InChI is InChI=1S/C16H16F3NS/c1-11-7-8-13(9-12(11)2)10-20-14-5-3-4-6-15(14)21-16(17,18)19/h3-9,20H,10H2,1-2H3. The van der Waals surface area contributed by atoms with Gasteiger partial charge in [-0.1, -0.05) is 30.3 Å². The quantitative estimate of drug-likeness (QED) is 0.745. The fourth-order valence-electron chi connectivity index (χ4n) is 1.94. The second kappa shape index (κ2) is 6.43. The first-order valence-electron chi connectivity index (χ1n) is 6.50. The zero-order valence-corrected chi connectivity index (χ0v) is 12.6. The molecule has 0 amide bonds. The Morgan fingerprint density at radius 2 is 1.71 bits per heavy atom. The molecule has 5 heteroatoms. The number of alkyl halides is 3. The molecule has 0 radical (unpaired) electrons. The first-order valence-corrected chi connectivity index (χ1v) is 7.31. The summed E-state index contributed by atoms with van der Waals surface area (Å²) in [7, 11) is 0. The van der Waals surface area contributed by atoms with Gasteiger partial charge in [-0.15, -0.1) is 0 Å². The van der Waals surface area contributed by atoms with E-state index in [1.807, 2.05) is 32.0 Å². The predicted molar refractivity (Wildman–Crippen MR) is 81.6 cm³/mol. The maximum Gasteiger partial charge on any atom is 0.446 e. The van der Waals surface area contributed by atoms with E-state index in [9.17, 15) is 13.2 Å². The van der Waals surface area contributed by atoms with Gasteiger partial charge in [-0.2, -0.15) is 13.2 Å². The molecule has 1 N–H and O–H groups in total. The van der Waals surface area contributed by atoms with Crippen molar-refractivity contribution in [2.75, 3.05) is 5.32 Å². The van der Waals surface area contributed by atoms with Crippen molar-refractivity contribution in [3.63, 3.8) is 0 Å². The number of thioether (sulfide) groups is 1. The van der Waals surface area contributed by atoms with E-state index >= 15 is 0 Å². The summed E-state index contributed by atoms with van der Waals surface area (Å²) in [4.78, 5) is 0.189. The average Bonchev–Trinajstić information content (AvgIpc) is 2.40. The van der Waals surface area contributed by atoms with Gasteiger partial charge in [-0.25, -0.2) is 0 Å². The summed E-state index contributed by atoms with van der Waals surface area (Å²) in [6, 6.07) is 12.5. The van der Waals surface area contributed by atoms with Gasteiger partial charge in [-0.05, 0) is 54.4 Å². The van der Waals surface area contributed by atoms with Crippen LogP contribution in [0.15, 0.2) is 47.4 Å². The molecule has 0 atom stereocenters. The average molecular weight is 311 g/mol. The Balaban J connectivity index is 2.11. The molecule has 0 spiro atoms. The van der Waals surface area contributed by atoms with Crippen LogP contribution >= 0.6 is 11.8 Å². The molecule has 2 aromatic rings. The van der Waals surface area contributed by atoms with Gasteiger partial charge in [0, 0.05) is 17.1 Å². The van der Waals surface area contributed by atoms with Crippen LogP contribution in [0.1, 0.15) is 16.7 Å². The van der Waals surface area contributed by atoms with Gasteiger partial charge in [0.25, 0.3) is 0 Å². The van der Waals surface area contributed by atoms with Crippen molar-refractivity contribution in [2.24, 2.45) is 0 Å². The van der Waals surface area contributed by atoms with E-state index in [4.69, 9.17) is 0 Å². The molecule has 0 aromatic heterocycles. The number of nitrogens with one attached hydrogen (secondary N) is 1. The Morgan fingerprint density at radius 3 is 2.38 bits per heavy atom. The number of hydrogen-bond donors (Lipinski definition) is 1. The Hall–Kier alpha value is -1.62. The maximum atomic E-state index is 12.5. The zero-order valence-electron chi connectivity index (χ0n) is 11.8.